The van der Waals surface area contributed by atoms with Crippen LogP contribution in [0.5, 0.6) is 0 Å². The molecule has 13 heavy (non-hydrogen) atoms. The van der Waals surface area contributed by atoms with E-state index in [0.29, 0.717) is 0 Å². The van der Waals surface area contributed by atoms with E-state index in [1.54, 1.807) is 0 Å². The van der Waals surface area contributed by atoms with Gasteiger partial charge in [0.2, 0.25) is 0 Å². The molecule has 2 heterocycles. The Kier molecular flexibility index (Phi) is 2.37. The third kappa shape index (κ3) is 1.89. The van der Waals surface area contributed by atoms with Crippen LogP contribution >= 0.6 is 0 Å². The predicted molar refractivity (Wildman–Crippen MR) is 55.8 cm³/mol. The van der Waals surface area contributed by atoms with Crippen LogP contribution in [0.4, 0.5) is 0 Å². The second-order valence-corrected chi connectivity index (χ2v) is 5.57. The van der Waals surface area contributed by atoms with Crippen LogP contribution in [0.2, 0.25) is 0 Å². The zero-order chi connectivity index (χ0) is 9.47. The second-order valence-electron chi connectivity index (χ2n) is 5.57. The maximum Gasteiger partial charge on any atom is 0.0212 e. The molecule has 76 valence electrons. The molecule has 2 aliphatic rings. The van der Waals surface area contributed by atoms with Gasteiger partial charge in [0.1, 0.15) is 0 Å². The van der Waals surface area contributed by atoms with Crippen molar-refractivity contribution in [2.45, 2.75) is 20.3 Å². The van der Waals surface area contributed by atoms with E-state index in [9.17, 15) is 0 Å². The maximum atomic E-state index is 2.62. The third-order valence-corrected chi connectivity index (χ3v) is 3.35. The molecule has 0 N–H and O–H groups in total. The molecule has 1 spiro atoms. The minimum Gasteiger partial charge on any atom is -0.305 e. The zero-order valence-electron chi connectivity index (χ0n) is 9.21. The van der Waals surface area contributed by atoms with Crippen LogP contribution in [0.1, 0.15) is 20.3 Å². The van der Waals surface area contributed by atoms with Gasteiger partial charge in [-0.3, -0.25) is 0 Å². The lowest BCUT2D eigenvalue weighted by atomic mass is 9.73. The van der Waals surface area contributed by atoms with Crippen LogP contribution in [0, 0.1) is 11.3 Å². The Morgan fingerprint density at radius 1 is 1.15 bits per heavy atom. The number of hydrogen-bond donors (Lipinski definition) is 0. The van der Waals surface area contributed by atoms with Crippen molar-refractivity contribution in [2.75, 3.05) is 39.8 Å². The molecule has 0 aromatic heterocycles. The van der Waals surface area contributed by atoms with Crippen LogP contribution in [0.15, 0.2) is 0 Å². The van der Waals surface area contributed by atoms with Gasteiger partial charge in [-0.25, -0.2) is 0 Å². The van der Waals surface area contributed by atoms with Gasteiger partial charge >= 0.3 is 0 Å². The van der Waals surface area contributed by atoms with E-state index < -0.39 is 0 Å². The number of rotatable bonds is 3. The average molecular weight is 182 g/mol. The monoisotopic (exact) mass is 182 g/mol. The van der Waals surface area contributed by atoms with Gasteiger partial charge in [-0.2, -0.15) is 0 Å². The van der Waals surface area contributed by atoms with Crippen molar-refractivity contribution in [1.29, 1.82) is 0 Å². The fraction of sp³-hybridized carbons (Fsp3) is 1.00. The zero-order valence-corrected chi connectivity index (χ0v) is 9.21. The summed E-state index contributed by atoms with van der Waals surface area (Å²) < 4.78 is 0. The van der Waals surface area contributed by atoms with E-state index in [-0.39, 0.29) is 0 Å². The molecule has 0 aromatic rings. The maximum absolute atomic E-state index is 2.62. The van der Waals surface area contributed by atoms with Gasteiger partial charge in [-0.1, -0.05) is 13.8 Å². The van der Waals surface area contributed by atoms with Crippen LogP contribution in [-0.2, 0) is 0 Å². The van der Waals surface area contributed by atoms with Gasteiger partial charge in [0, 0.05) is 31.6 Å². The fourth-order valence-corrected chi connectivity index (χ4v) is 2.80. The average Bonchev–Trinajstić information content (AvgIpc) is 1.90. The molecule has 2 fully saturated rings. The smallest absolute Gasteiger partial charge is 0.0212 e. The molecule has 0 aliphatic carbocycles. The first-order valence-electron chi connectivity index (χ1n) is 5.51. The molecule has 0 saturated carbocycles. The number of likely N-dealkylation sites (tertiary alicyclic amines) is 2. The molecular weight excluding hydrogens is 160 g/mol. The summed E-state index contributed by atoms with van der Waals surface area (Å²) >= 11 is 0. The molecule has 0 unspecified atom stereocenters. The Morgan fingerprint density at radius 2 is 1.77 bits per heavy atom. The van der Waals surface area contributed by atoms with Crippen LogP contribution < -0.4 is 0 Å². The summed E-state index contributed by atoms with van der Waals surface area (Å²) in [6.07, 6.45) is 1.37. The summed E-state index contributed by atoms with van der Waals surface area (Å²) in [5.74, 6) is 0.862. The van der Waals surface area contributed by atoms with Gasteiger partial charge < -0.3 is 9.80 Å². The molecule has 0 atom stereocenters. The molecule has 0 amide bonds. The molecule has 2 saturated heterocycles. The molecule has 2 aliphatic heterocycles. The van der Waals surface area contributed by atoms with Gasteiger partial charge in [0.15, 0.2) is 0 Å². The number of nitrogens with zero attached hydrogens (tertiary/aromatic N) is 2. The normalized spacial score (nSPS) is 27.7. The second kappa shape index (κ2) is 3.25. The van der Waals surface area contributed by atoms with E-state index in [4.69, 9.17) is 0 Å². The van der Waals surface area contributed by atoms with E-state index >= 15 is 0 Å². The highest BCUT2D eigenvalue weighted by atomic mass is 15.3. The quantitative estimate of drug-likeness (QED) is 0.649. The molecule has 2 rings (SSSR count). The lowest BCUT2D eigenvalue weighted by molar-refractivity contribution is -0.105. The number of hydrogen-bond acceptors (Lipinski definition) is 2. The third-order valence-electron chi connectivity index (χ3n) is 3.35. The van der Waals surface area contributed by atoms with Crippen molar-refractivity contribution >= 4 is 0 Å². The molecule has 2 heteroatoms. The minimum atomic E-state index is 0.728. The van der Waals surface area contributed by atoms with Crippen molar-refractivity contribution in [3.8, 4) is 0 Å². The van der Waals surface area contributed by atoms with Crippen molar-refractivity contribution < 1.29 is 0 Å². The Hall–Kier alpha value is -0.0800. The van der Waals surface area contributed by atoms with Crippen LogP contribution in [0.25, 0.3) is 0 Å². The lowest BCUT2D eigenvalue weighted by Gasteiger charge is -2.59. The fourth-order valence-electron chi connectivity index (χ4n) is 2.80. The Balaban J connectivity index is 1.62. The molecule has 0 aromatic carbocycles. The Morgan fingerprint density at radius 3 is 2.23 bits per heavy atom. The highest BCUT2D eigenvalue weighted by Gasteiger charge is 2.49. The highest BCUT2D eigenvalue weighted by Crippen LogP contribution is 2.38. The lowest BCUT2D eigenvalue weighted by Crippen LogP contribution is -2.71. The molecule has 2 nitrogen and oxygen atoms in total. The van der Waals surface area contributed by atoms with Gasteiger partial charge in [0.25, 0.3) is 0 Å². The standard InChI is InChI=1S/C11H22N2/c1-10(2)4-5-13-8-11(9-13)6-12(3)7-11/h10H,4-9H2,1-3H3. The molecular formula is C11H22N2. The van der Waals surface area contributed by atoms with Crippen molar-refractivity contribution in [3.63, 3.8) is 0 Å². The minimum absolute atomic E-state index is 0.728. The molecule has 0 radical (unpaired) electrons. The molecule has 0 bridgehead atoms. The highest BCUT2D eigenvalue weighted by molar-refractivity contribution is 5.04. The SMILES string of the molecule is CC(C)CCN1CC2(CN(C)C2)C1. The first kappa shape index (κ1) is 9.47. The predicted octanol–water partition coefficient (Wildman–Crippen LogP) is 1.28. The summed E-state index contributed by atoms with van der Waals surface area (Å²) in [7, 11) is 2.22. The van der Waals surface area contributed by atoms with E-state index in [1.807, 2.05) is 0 Å². The van der Waals surface area contributed by atoms with Crippen molar-refractivity contribution in [1.82, 2.24) is 9.80 Å². The summed E-state index contributed by atoms with van der Waals surface area (Å²) in [6, 6.07) is 0. The Labute approximate surface area is 81.9 Å². The van der Waals surface area contributed by atoms with Crippen LogP contribution in [-0.4, -0.2) is 49.6 Å². The summed E-state index contributed by atoms with van der Waals surface area (Å²) in [5.41, 5.74) is 0.728. The first-order valence-corrected chi connectivity index (χ1v) is 5.51. The van der Waals surface area contributed by atoms with Gasteiger partial charge in [-0.15, -0.1) is 0 Å². The first-order chi connectivity index (χ1) is 6.10. The van der Waals surface area contributed by atoms with Crippen LogP contribution in [0.3, 0.4) is 0 Å². The van der Waals surface area contributed by atoms with Crippen molar-refractivity contribution in [2.24, 2.45) is 11.3 Å². The topological polar surface area (TPSA) is 6.48 Å². The summed E-state index contributed by atoms with van der Waals surface area (Å²) in [4.78, 5) is 5.05. The van der Waals surface area contributed by atoms with E-state index in [2.05, 4.69) is 30.7 Å². The van der Waals surface area contributed by atoms with E-state index in [0.717, 1.165) is 11.3 Å². The summed E-state index contributed by atoms with van der Waals surface area (Å²) in [5, 5.41) is 0. The van der Waals surface area contributed by atoms with Gasteiger partial charge in [0.05, 0.1) is 0 Å². The Bertz CT molecular complexity index is 175. The van der Waals surface area contributed by atoms with Gasteiger partial charge in [-0.05, 0) is 25.9 Å². The van der Waals surface area contributed by atoms with E-state index in [1.165, 1.54) is 39.1 Å². The van der Waals surface area contributed by atoms with Crippen molar-refractivity contribution in [3.05, 3.63) is 0 Å². The largest absolute Gasteiger partial charge is 0.305 e. The summed E-state index contributed by atoms with van der Waals surface area (Å²) in [6.45, 7) is 11.4.